The first-order valence-electron chi connectivity index (χ1n) is 24.6. The predicted octanol–water partition coefficient (Wildman–Crippen LogP) is 19.6. The van der Waals surface area contributed by atoms with Gasteiger partial charge in [-0.05, 0) is 101 Å². The summed E-state index contributed by atoms with van der Waals surface area (Å²) in [5.41, 5.74) is 0.649. The van der Waals surface area contributed by atoms with Crippen molar-refractivity contribution in [2.45, 2.75) is 68.6 Å². The number of halogens is 12. The van der Waals surface area contributed by atoms with Crippen LogP contribution < -0.4 is 9.80 Å². The molecule has 7 aromatic carbocycles. The molecule has 0 saturated heterocycles. The normalized spacial score (nSPS) is 14.2. The van der Waals surface area contributed by atoms with Gasteiger partial charge in [0.25, 0.3) is 0 Å². The van der Waals surface area contributed by atoms with Crippen molar-refractivity contribution in [1.29, 1.82) is 0 Å². The third kappa shape index (κ3) is 13.5. The molecule has 1 aliphatic rings. The summed E-state index contributed by atoms with van der Waals surface area (Å²) < 4.78 is 169. The van der Waals surface area contributed by atoms with Crippen LogP contribution in [0.2, 0.25) is 0 Å². The van der Waals surface area contributed by atoms with E-state index in [1.807, 2.05) is 84.9 Å². The molecule has 0 amide bonds. The van der Waals surface area contributed by atoms with Gasteiger partial charge in [-0.25, -0.2) is 0 Å². The standard InChI is InChI=1S/C63H50F12N2/c1-44(25-26-51(61(67,68)69)37-40-60(64,65)66)76(42-55(45-17-7-2-8-18-45)46-19-9-3-10-20-46)53-32-27-49(28-33-53)59(38-15-6-16-39-59)50-29-34-54(35-30-50)77(58-36-31-52(62(70,71)72)41-57(58)63(73,74)75)43-56(47-21-11-4-12-22-47)48-23-13-5-14-24-48/h2-5,7-14,17-37,41-43H,1,6,15-16,38-40H2/b26-25-,51-37+. The van der Waals surface area contributed by atoms with Gasteiger partial charge in [0.05, 0.1) is 28.8 Å². The highest BCUT2D eigenvalue weighted by Crippen LogP contribution is 2.48. The Morgan fingerprint density at radius 1 is 0.481 bits per heavy atom. The van der Waals surface area contributed by atoms with Crippen LogP contribution in [-0.4, -0.2) is 12.4 Å². The number of nitrogens with zero attached hydrogens (tertiary/aromatic N) is 2. The Bertz CT molecular complexity index is 3140. The molecule has 1 saturated carbocycles. The van der Waals surface area contributed by atoms with Crippen LogP contribution in [0, 0.1) is 0 Å². The quantitative estimate of drug-likeness (QED) is 0.0746. The van der Waals surface area contributed by atoms with E-state index in [1.54, 1.807) is 96.0 Å². The van der Waals surface area contributed by atoms with Gasteiger partial charge in [0.2, 0.25) is 0 Å². The molecule has 0 spiro atoms. The number of alkyl halides is 12. The molecule has 0 radical (unpaired) electrons. The second kappa shape index (κ2) is 23.1. The summed E-state index contributed by atoms with van der Waals surface area (Å²) >= 11 is 0. The largest absolute Gasteiger partial charge is 0.418 e. The van der Waals surface area contributed by atoms with Crippen molar-refractivity contribution < 1.29 is 52.7 Å². The van der Waals surface area contributed by atoms with E-state index < -0.39 is 58.9 Å². The maximum absolute atomic E-state index is 15.0. The Morgan fingerprint density at radius 2 is 0.922 bits per heavy atom. The van der Waals surface area contributed by atoms with E-state index in [0.29, 0.717) is 52.9 Å². The minimum Gasteiger partial charge on any atom is -0.317 e. The summed E-state index contributed by atoms with van der Waals surface area (Å²) in [4.78, 5) is 2.82. The van der Waals surface area contributed by atoms with Crippen LogP contribution in [0.1, 0.15) is 83.0 Å². The van der Waals surface area contributed by atoms with Crippen LogP contribution >= 0.6 is 0 Å². The molecule has 396 valence electrons. The summed E-state index contributed by atoms with van der Waals surface area (Å²) in [5, 5.41) is 0. The molecule has 1 aliphatic carbocycles. The number of benzene rings is 7. The van der Waals surface area contributed by atoms with Gasteiger partial charge in [0.15, 0.2) is 0 Å². The fourth-order valence-electron chi connectivity index (χ4n) is 9.67. The molecule has 0 aromatic heterocycles. The lowest BCUT2D eigenvalue weighted by molar-refractivity contribution is -0.142. The molecule has 14 heteroatoms. The SMILES string of the molecule is C=C(/C=C\C(=C/CC(F)(F)F)C(F)(F)F)N(C=C(c1ccccc1)c1ccccc1)c1ccc(C2(c3ccc(N(C=C(c4ccccc4)c4ccccc4)c4ccc(C(F)(F)F)cc4C(F)(F)F)cc3)CCCCC2)cc1. The second-order valence-electron chi connectivity index (χ2n) is 18.6. The minimum absolute atomic E-state index is 0.00439. The molecular formula is C63H50F12N2. The number of rotatable bonds is 15. The Labute approximate surface area is 438 Å². The van der Waals surface area contributed by atoms with Gasteiger partial charge in [0, 0.05) is 46.0 Å². The van der Waals surface area contributed by atoms with Gasteiger partial charge in [0.1, 0.15) is 0 Å². The minimum atomic E-state index is -5.20. The van der Waals surface area contributed by atoms with Crippen molar-refractivity contribution in [2.24, 2.45) is 0 Å². The van der Waals surface area contributed by atoms with Crippen molar-refractivity contribution in [1.82, 2.24) is 0 Å². The summed E-state index contributed by atoms with van der Waals surface area (Å²) in [6.45, 7) is 4.10. The van der Waals surface area contributed by atoms with Gasteiger partial charge in [-0.2, -0.15) is 52.7 Å². The number of allylic oxidation sites excluding steroid dienone is 4. The summed E-state index contributed by atoms with van der Waals surface area (Å²) in [7, 11) is 0. The molecule has 2 nitrogen and oxygen atoms in total. The Morgan fingerprint density at radius 3 is 1.34 bits per heavy atom. The second-order valence-corrected chi connectivity index (χ2v) is 18.6. The van der Waals surface area contributed by atoms with E-state index in [1.165, 1.54) is 11.1 Å². The van der Waals surface area contributed by atoms with E-state index in [4.69, 9.17) is 0 Å². The molecule has 1 fully saturated rings. The van der Waals surface area contributed by atoms with Crippen LogP contribution in [-0.2, 0) is 17.8 Å². The third-order valence-corrected chi connectivity index (χ3v) is 13.5. The average Bonchev–Trinajstić information content (AvgIpc) is 3.44. The molecule has 0 heterocycles. The van der Waals surface area contributed by atoms with E-state index in [0.717, 1.165) is 53.7 Å². The van der Waals surface area contributed by atoms with Gasteiger partial charge in [-0.15, -0.1) is 0 Å². The fraction of sp³-hybridized carbons (Fsp3) is 0.175. The van der Waals surface area contributed by atoms with Gasteiger partial charge >= 0.3 is 24.7 Å². The first-order chi connectivity index (χ1) is 36.6. The fourth-order valence-corrected chi connectivity index (χ4v) is 9.67. The maximum Gasteiger partial charge on any atom is 0.418 e. The summed E-state index contributed by atoms with van der Waals surface area (Å²) in [5.74, 6) is 0. The topological polar surface area (TPSA) is 6.48 Å². The molecule has 0 atom stereocenters. The molecule has 0 bridgehead atoms. The highest BCUT2D eigenvalue weighted by molar-refractivity contribution is 5.85. The zero-order valence-electron chi connectivity index (χ0n) is 41.2. The Kier molecular flexibility index (Phi) is 16.6. The highest BCUT2D eigenvalue weighted by Gasteiger charge is 2.41. The molecule has 77 heavy (non-hydrogen) atoms. The molecule has 0 N–H and O–H groups in total. The van der Waals surface area contributed by atoms with Gasteiger partial charge < -0.3 is 9.80 Å². The Balaban J connectivity index is 1.24. The first kappa shape index (κ1) is 55.2. The zero-order chi connectivity index (χ0) is 55.0. The van der Waals surface area contributed by atoms with Crippen molar-refractivity contribution in [3.8, 4) is 0 Å². The zero-order valence-corrected chi connectivity index (χ0v) is 41.2. The van der Waals surface area contributed by atoms with Crippen LogP contribution in [0.15, 0.2) is 237 Å². The van der Waals surface area contributed by atoms with Crippen molar-refractivity contribution in [2.75, 3.05) is 9.80 Å². The van der Waals surface area contributed by atoms with E-state index in [9.17, 15) is 39.5 Å². The van der Waals surface area contributed by atoms with E-state index >= 15 is 13.2 Å². The highest BCUT2D eigenvalue weighted by atomic mass is 19.4. The number of hydrogen-bond acceptors (Lipinski definition) is 2. The van der Waals surface area contributed by atoms with Crippen molar-refractivity contribution in [3.63, 3.8) is 0 Å². The lowest BCUT2D eigenvalue weighted by atomic mass is 9.65. The van der Waals surface area contributed by atoms with Crippen molar-refractivity contribution in [3.05, 3.63) is 281 Å². The molecular weight excluding hydrogens is 1010 g/mol. The average molecular weight is 1060 g/mol. The van der Waals surface area contributed by atoms with Crippen LogP contribution in [0.3, 0.4) is 0 Å². The van der Waals surface area contributed by atoms with Crippen LogP contribution in [0.4, 0.5) is 69.7 Å². The molecule has 7 aromatic rings. The lowest BCUT2D eigenvalue weighted by Gasteiger charge is -2.39. The monoisotopic (exact) mass is 1060 g/mol. The molecule has 8 rings (SSSR count). The van der Waals surface area contributed by atoms with Crippen LogP contribution in [0.25, 0.3) is 11.1 Å². The van der Waals surface area contributed by atoms with Crippen molar-refractivity contribution >= 4 is 28.2 Å². The van der Waals surface area contributed by atoms with Gasteiger partial charge in [-0.3, -0.25) is 0 Å². The lowest BCUT2D eigenvalue weighted by Crippen LogP contribution is -2.30. The maximum atomic E-state index is 15.0. The van der Waals surface area contributed by atoms with Crippen LogP contribution in [0.5, 0.6) is 0 Å². The number of hydrogen-bond donors (Lipinski definition) is 0. The Hall–Kier alpha value is -8.00. The molecule has 0 unspecified atom stereocenters. The first-order valence-corrected chi connectivity index (χ1v) is 24.6. The van der Waals surface area contributed by atoms with Gasteiger partial charge in [-0.1, -0.05) is 178 Å². The smallest absolute Gasteiger partial charge is 0.317 e. The summed E-state index contributed by atoms with van der Waals surface area (Å²) in [6, 6.07) is 52.0. The predicted molar refractivity (Wildman–Crippen MR) is 281 cm³/mol. The third-order valence-electron chi connectivity index (χ3n) is 13.5. The van der Waals surface area contributed by atoms with E-state index in [2.05, 4.69) is 6.58 Å². The summed E-state index contributed by atoms with van der Waals surface area (Å²) in [6.07, 6.45) is -13.3. The number of anilines is 3. The molecule has 0 aliphatic heterocycles. The van der Waals surface area contributed by atoms with E-state index in [-0.39, 0.29) is 23.5 Å².